The van der Waals surface area contributed by atoms with Crippen LogP contribution in [0.1, 0.15) is 102 Å². The van der Waals surface area contributed by atoms with E-state index in [4.69, 9.17) is 5.11 Å². The van der Waals surface area contributed by atoms with Gasteiger partial charge in [0.1, 0.15) is 0 Å². The van der Waals surface area contributed by atoms with Crippen molar-refractivity contribution >= 4 is 11.9 Å². The number of amides is 1. The van der Waals surface area contributed by atoms with Gasteiger partial charge in [0.2, 0.25) is 11.7 Å². The van der Waals surface area contributed by atoms with E-state index in [0.717, 1.165) is 49.5 Å². The van der Waals surface area contributed by atoms with Crippen LogP contribution in [-0.2, 0) is 28.9 Å². The highest BCUT2D eigenvalue weighted by molar-refractivity contribution is 5.76. The van der Waals surface area contributed by atoms with Crippen LogP contribution in [0, 0.1) is 0 Å². The van der Waals surface area contributed by atoms with E-state index in [1.807, 2.05) is 0 Å². The van der Waals surface area contributed by atoms with Gasteiger partial charge in [-0.05, 0) is 12.8 Å². The molecule has 10 heteroatoms. The van der Waals surface area contributed by atoms with Gasteiger partial charge >= 0.3 is 12.1 Å². The summed E-state index contributed by atoms with van der Waals surface area (Å²) < 4.78 is 39.7. The monoisotopic (exact) mass is 460 g/mol. The average molecular weight is 461 g/mol. The summed E-state index contributed by atoms with van der Waals surface area (Å²) in [5, 5.41) is 15.4. The number of carboxylic acid groups (broad SMARTS) is 1. The van der Waals surface area contributed by atoms with Crippen LogP contribution in [0.4, 0.5) is 13.2 Å². The molecule has 2 rings (SSSR count). The second-order valence-corrected chi connectivity index (χ2v) is 8.54. The van der Waals surface area contributed by atoms with Crippen LogP contribution in [-0.4, -0.2) is 43.2 Å². The fourth-order valence-electron chi connectivity index (χ4n) is 4.06. The summed E-state index contributed by atoms with van der Waals surface area (Å²) in [7, 11) is 0. The van der Waals surface area contributed by atoms with E-state index in [9.17, 15) is 22.8 Å². The summed E-state index contributed by atoms with van der Waals surface area (Å²) in [5.74, 6) is -1.54. The molecule has 0 bridgehead atoms. The molecule has 0 saturated carbocycles. The summed E-state index contributed by atoms with van der Waals surface area (Å²) in [6, 6.07) is 0. The second-order valence-electron chi connectivity index (χ2n) is 8.54. The van der Waals surface area contributed by atoms with Gasteiger partial charge in [-0.3, -0.25) is 9.59 Å². The Hall–Kier alpha value is -2.13. The largest absolute Gasteiger partial charge is 0.481 e. The fraction of sp³-hybridized carbons (Fsp3) is 0.818. The third-order valence-corrected chi connectivity index (χ3v) is 5.89. The predicted octanol–water partition coefficient (Wildman–Crippen LogP) is 5.19. The molecule has 0 radical (unpaired) electrons. The molecule has 1 N–H and O–H groups in total. The molecule has 1 amide bonds. The molecule has 32 heavy (non-hydrogen) atoms. The molecular formula is C22H35F3N4O3. The average Bonchev–Trinajstić information content (AvgIpc) is 3.17. The quantitative estimate of drug-likeness (QED) is 0.364. The van der Waals surface area contributed by atoms with Gasteiger partial charge in [0, 0.05) is 25.9 Å². The number of aliphatic carboxylic acids is 1. The zero-order valence-corrected chi connectivity index (χ0v) is 18.7. The molecule has 0 aliphatic carbocycles. The number of alkyl halides is 3. The number of rotatable bonds is 15. The predicted molar refractivity (Wildman–Crippen MR) is 113 cm³/mol. The Morgan fingerprint density at radius 3 is 1.78 bits per heavy atom. The molecular weight excluding hydrogens is 425 g/mol. The summed E-state index contributed by atoms with van der Waals surface area (Å²) >= 11 is 0. The van der Waals surface area contributed by atoms with Gasteiger partial charge in [0.05, 0.1) is 6.54 Å². The van der Waals surface area contributed by atoms with Gasteiger partial charge in [-0.15, -0.1) is 10.2 Å². The van der Waals surface area contributed by atoms with E-state index in [1.54, 1.807) is 4.90 Å². The number of aromatic nitrogens is 3. The van der Waals surface area contributed by atoms with E-state index in [2.05, 4.69) is 10.2 Å². The number of carboxylic acids is 1. The van der Waals surface area contributed by atoms with E-state index in [0.29, 0.717) is 6.42 Å². The van der Waals surface area contributed by atoms with Crippen LogP contribution in [0.15, 0.2) is 0 Å². The highest BCUT2D eigenvalue weighted by atomic mass is 19.4. The number of carbonyl (C=O) groups is 2. The highest BCUT2D eigenvalue weighted by Gasteiger charge is 2.39. The molecule has 0 atom stereocenters. The van der Waals surface area contributed by atoms with Crippen molar-refractivity contribution in [3.05, 3.63) is 11.6 Å². The lowest BCUT2D eigenvalue weighted by Crippen LogP contribution is -2.39. The van der Waals surface area contributed by atoms with Gasteiger partial charge in [0.15, 0.2) is 5.82 Å². The number of unbranched alkanes of at least 4 members (excludes halogenated alkanes) is 11. The maximum atomic E-state index is 12.9. The highest BCUT2D eigenvalue weighted by Crippen LogP contribution is 2.29. The Morgan fingerprint density at radius 2 is 1.28 bits per heavy atom. The van der Waals surface area contributed by atoms with Crippen LogP contribution in [0.2, 0.25) is 0 Å². The third kappa shape index (κ3) is 9.16. The minimum absolute atomic E-state index is 0.0313. The maximum absolute atomic E-state index is 12.9. The van der Waals surface area contributed by atoms with Crippen LogP contribution in [0.3, 0.4) is 0 Å². The lowest BCUT2D eigenvalue weighted by atomic mass is 10.0. The molecule has 1 aliphatic heterocycles. The zero-order valence-electron chi connectivity index (χ0n) is 18.7. The number of carbonyl (C=O) groups excluding carboxylic acids is 1. The summed E-state index contributed by atoms with van der Waals surface area (Å²) in [5.41, 5.74) is 0. The summed E-state index contributed by atoms with van der Waals surface area (Å²) in [6.07, 6.45) is 9.06. The van der Waals surface area contributed by atoms with Gasteiger partial charge < -0.3 is 14.6 Å². The molecule has 0 fully saturated rings. The molecule has 0 aromatic carbocycles. The Kier molecular flexibility index (Phi) is 11.0. The van der Waals surface area contributed by atoms with Gasteiger partial charge in [-0.2, -0.15) is 13.2 Å². The standard InChI is InChI=1S/C22H35F3N4O3/c23-22(24,25)21-27-26-18-17-28(15-16-29(18)21)19(30)13-11-9-7-5-3-1-2-4-6-8-10-12-14-20(31)32/h1-17H2,(H,31,32). The topological polar surface area (TPSA) is 88.3 Å². The normalized spacial score (nSPS) is 13.9. The van der Waals surface area contributed by atoms with Crippen molar-refractivity contribution < 1.29 is 27.9 Å². The van der Waals surface area contributed by atoms with Crippen LogP contribution >= 0.6 is 0 Å². The fourth-order valence-corrected chi connectivity index (χ4v) is 4.06. The van der Waals surface area contributed by atoms with Crippen molar-refractivity contribution in [1.82, 2.24) is 19.7 Å². The molecule has 0 unspecified atom stereocenters. The minimum Gasteiger partial charge on any atom is -0.481 e. The van der Waals surface area contributed by atoms with E-state index in [-0.39, 0.29) is 37.8 Å². The number of halogens is 3. The molecule has 1 aliphatic rings. The lowest BCUT2D eigenvalue weighted by molar-refractivity contribution is -0.148. The van der Waals surface area contributed by atoms with Crippen molar-refractivity contribution in [2.24, 2.45) is 0 Å². The molecule has 1 aromatic rings. The second kappa shape index (κ2) is 13.4. The molecule has 1 aromatic heterocycles. The summed E-state index contributed by atoms with van der Waals surface area (Å²) in [6.45, 7) is 0.416. The van der Waals surface area contributed by atoms with Gasteiger partial charge in [0.25, 0.3) is 0 Å². The molecule has 7 nitrogen and oxygen atoms in total. The smallest absolute Gasteiger partial charge is 0.451 e. The van der Waals surface area contributed by atoms with Crippen molar-refractivity contribution in [1.29, 1.82) is 0 Å². The Morgan fingerprint density at radius 1 is 0.781 bits per heavy atom. The third-order valence-electron chi connectivity index (χ3n) is 5.89. The van der Waals surface area contributed by atoms with Gasteiger partial charge in [-0.1, -0.05) is 64.2 Å². The number of nitrogens with zero attached hydrogens (tertiary/aromatic N) is 4. The zero-order chi connectivity index (χ0) is 23.4. The van der Waals surface area contributed by atoms with Crippen molar-refractivity contribution in [3.8, 4) is 0 Å². The van der Waals surface area contributed by atoms with Crippen LogP contribution in [0.25, 0.3) is 0 Å². The molecule has 2 heterocycles. The van der Waals surface area contributed by atoms with Crippen LogP contribution in [0.5, 0.6) is 0 Å². The van der Waals surface area contributed by atoms with E-state index >= 15 is 0 Å². The lowest BCUT2D eigenvalue weighted by Gasteiger charge is -2.28. The summed E-state index contributed by atoms with van der Waals surface area (Å²) in [4.78, 5) is 24.4. The maximum Gasteiger partial charge on any atom is 0.451 e. The Labute approximate surface area is 187 Å². The van der Waals surface area contributed by atoms with Crippen molar-refractivity contribution in [2.45, 2.75) is 109 Å². The first-order valence-corrected chi connectivity index (χ1v) is 11.8. The first-order chi connectivity index (χ1) is 15.3. The van der Waals surface area contributed by atoms with Crippen LogP contribution < -0.4 is 0 Å². The van der Waals surface area contributed by atoms with E-state index < -0.39 is 18.0 Å². The molecule has 0 spiro atoms. The SMILES string of the molecule is O=C(O)CCCCCCCCCCCCCCC(=O)N1CCn2c(nnc2C(F)(F)F)C1. The molecule has 0 saturated heterocycles. The van der Waals surface area contributed by atoms with E-state index in [1.165, 1.54) is 32.1 Å². The van der Waals surface area contributed by atoms with Gasteiger partial charge in [-0.25, -0.2) is 0 Å². The van der Waals surface area contributed by atoms with Crippen molar-refractivity contribution in [3.63, 3.8) is 0 Å². The number of fused-ring (bicyclic) bond motifs is 1. The Bertz CT molecular complexity index is 722. The number of hydrogen-bond donors (Lipinski definition) is 1. The van der Waals surface area contributed by atoms with Crippen molar-refractivity contribution in [2.75, 3.05) is 6.54 Å². The number of hydrogen-bond acceptors (Lipinski definition) is 4. The Balaban J connectivity index is 1.45. The first-order valence-electron chi connectivity index (χ1n) is 11.8. The molecule has 182 valence electrons. The minimum atomic E-state index is -4.53. The first kappa shape index (κ1) is 26.1.